The fourth-order valence-corrected chi connectivity index (χ4v) is 5.66. The maximum absolute atomic E-state index is 13.6. The first-order valence-corrected chi connectivity index (χ1v) is 10.4. The minimum absolute atomic E-state index is 0.121. The molecule has 0 bridgehead atoms. The molecule has 0 amide bonds. The van der Waals surface area contributed by atoms with E-state index in [0.29, 0.717) is 22.6 Å². The number of anilines is 1. The molecule has 0 saturated carbocycles. The van der Waals surface area contributed by atoms with Gasteiger partial charge in [0.05, 0.1) is 16.3 Å². The van der Waals surface area contributed by atoms with Gasteiger partial charge >= 0.3 is 0 Å². The van der Waals surface area contributed by atoms with Crippen molar-refractivity contribution < 1.29 is 12.9 Å². The molecule has 5 nitrogen and oxygen atoms in total. The van der Waals surface area contributed by atoms with Crippen molar-refractivity contribution in [1.29, 1.82) is 0 Å². The molecule has 1 atom stereocenters. The van der Waals surface area contributed by atoms with Crippen LogP contribution in [0, 0.1) is 20.8 Å². The highest BCUT2D eigenvalue weighted by Crippen LogP contribution is 2.38. The van der Waals surface area contributed by atoms with Gasteiger partial charge in [-0.2, -0.15) is 0 Å². The van der Waals surface area contributed by atoms with Crippen molar-refractivity contribution in [1.82, 2.24) is 5.16 Å². The largest absolute Gasteiger partial charge is 0.356 e. The minimum Gasteiger partial charge on any atom is -0.356 e. The van der Waals surface area contributed by atoms with Crippen LogP contribution in [0.2, 0.25) is 0 Å². The highest BCUT2D eigenvalue weighted by molar-refractivity contribution is 7.93. The van der Waals surface area contributed by atoms with Crippen LogP contribution in [0.1, 0.15) is 29.3 Å². The van der Waals surface area contributed by atoms with E-state index >= 15 is 0 Å². The van der Waals surface area contributed by atoms with Gasteiger partial charge in [0.1, 0.15) is 0 Å². The molecule has 27 heavy (non-hydrogen) atoms. The summed E-state index contributed by atoms with van der Waals surface area (Å²) in [5.74, 6) is 0.610. The molecule has 0 unspecified atom stereocenters. The number of para-hydroxylation sites is 1. The first-order chi connectivity index (χ1) is 12.8. The normalized spacial score (nSPS) is 16.6. The number of benzene rings is 2. The zero-order valence-electron chi connectivity index (χ0n) is 15.9. The molecule has 1 aliphatic rings. The van der Waals surface area contributed by atoms with Gasteiger partial charge in [0.2, 0.25) is 0 Å². The van der Waals surface area contributed by atoms with Crippen LogP contribution in [0.5, 0.6) is 0 Å². The van der Waals surface area contributed by atoms with Crippen LogP contribution in [-0.4, -0.2) is 19.6 Å². The van der Waals surface area contributed by atoms with Gasteiger partial charge in [0.25, 0.3) is 10.0 Å². The number of aromatic nitrogens is 1. The van der Waals surface area contributed by atoms with E-state index in [9.17, 15) is 8.42 Å². The van der Waals surface area contributed by atoms with Gasteiger partial charge < -0.3 is 4.52 Å². The Kier molecular flexibility index (Phi) is 4.11. The lowest BCUT2D eigenvalue weighted by atomic mass is 10.1. The molecule has 6 heteroatoms. The van der Waals surface area contributed by atoms with Crippen LogP contribution in [0.15, 0.2) is 51.9 Å². The molecule has 0 spiro atoms. The zero-order valence-corrected chi connectivity index (χ0v) is 16.7. The second-order valence-electron chi connectivity index (χ2n) is 7.19. The molecular weight excluding hydrogens is 360 g/mol. The Bertz CT molecular complexity index is 1130. The van der Waals surface area contributed by atoms with Crippen LogP contribution in [0.3, 0.4) is 0 Å². The van der Waals surface area contributed by atoms with Gasteiger partial charge in [0, 0.05) is 17.2 Å². The Morgan fingerprint density at radius 2 is 1.85 bits per heavy atom. The van der Waals surface area contributed by atoms with Crippen molar-refractivity contribution >= 4 is 15.7 Å². The Hall–Kier alpha value is -2.60. The number of rotatable bonds is 3. The third-order valence-electron chi connectivity index (χ3n) is 5.29. The van der Waals surface area contributed by atoms with Crippen molar-refractivity contribution in [2.75, 3.05) is 4.31 Å². The summed E-state index contributed by atoms with van der Waals surface area (Å²) >= 11 is 0. The maximum Gasteiger partial charge on any atom is 0.264 e. The lowest BCUT2D eigenvalue weighted by molar-refractivity contribution is 0.426. The Balaban J connectivity index is 1.86. The lowest BCUT2D eigenvalue weighted by Crippen LogP contribution is -2.36. The average Bonchev–Trinajstić information content (AvgIpc) is 3.14. The van der Waals surface area contributed by atoms with E-state index in [1.807, 2.05) is 64.1 Å². The highest BCUT2D eigenvalue weighted by atomic mass is 32.2. The van der Waals surface area contributed by atoms with Crippen LogP contribution >= 0.6 is 0 Å². The monoisotopic (exact) mass is 382 g/mol. The van der Waals surface area contributed by atoms with Gasteiger partial charge in [0.15, 0.2) is 5.76 Å². The van der Waals surface area contributed by atoms with E-state index in [0.717, 1.165) is 28.1 Å². The van der Waals surface area contributed by atoms with E-state index in [1.165, 1.54) is 0 Å². The third kappa shape index (κ3) is 2.75. The number of hydrogen-bond donors (Lipinski definition) is 0. The van der Waals surface area contributed by atoms with Crippen molar-refractivity contribution in [2.24, 2.45) is 0 Å². The van der Waals surface area contributed by atoms with Crippen LogP contribution in [0.4, 0.5) is 5.69 Å². The first-order valence-electron chi connectivity index (χ1n) is 8.97. The summed E-state index contributed by atoms with van der Waals surface area (Å²) in [5.41, 5.74) is 4.98. The first kappa shape index (κ1) is 17.8. The summed E-state index contributed by atoms with van der Waals surface area (Å²) in [7, 11) is -3.70. The van der Waals surface area contributed by atoms with Gasteiger partial charge in [-0.25, -0.2) is 8.42 Å². The molecule has 0 fully saturated rings. The summed E-state index contributed by atoms with van der Waals surface area (Å²) in [5, 5.41) is 3.99. The Morgan fingerprint density at radius 1 is 1.11 bits per heavy atom. The molecule has 140 valence electrons. The van der Waals surface area contributed by atoms with E-state index < -0.39 is 10.0 Å². The fourth-order valence-electron chi connectivity index (χ4n) is 3.71. The van der Waals surface area contributed by atoms with Gasteiger partial charge in [-0.1, -0.05) is 35.5 Å². The van der Waals surface area contributed by atoms with Crippen molar-refractivity contribution in [3.8, 4) is 11.3 Å². The predicted molar refractivity (Wildman–Crippen MR) is 105 cm³/mol. The van der Waals surface area contributed by atoms with Gasteiger partial charge in [-0.15, -0.1) is 0 Å². The van der Waals surface area contributed by atoms with E-state index in [1.54, 1.807) is 10.4 Å². The standard InChI is InChI=1S/C21H22N2O3S/c1-13-9-10-18(21-15(3)16(4)22-26-21)12-20(13)27(24,25)23-14(2)11-17-7-5-6-8-19(17)23/h5-10,12,14H,11H2,1-4H3/t14-/m0/s1. The van der Waals surface area contributed by atoms with Crippen molar-refractivity contribution in [3.05, 3.63) is 64.8 Å². The second-order valence-corrected chi connectivity index (χ2v) is 8.97. The number of fused-ring (bicyclic) bond motifs is 1. The average molecular weight is 382 g/mol. The quantitative estimate of drug-likeness (QED) is 0.673. The van der Waals surface area contributed by atoms with E-state index in [-0.39, 0.29) is 6.04 Å². The second kappa shape index (κ2) is 6.23. The van der Waals surface area contributed by atoms with Crippen molar-refractivity contribution in [3.63, 3.8) is 0 Å². The van der Waals surface area contributed by atoms with Crippen LogP contribution < -0.4 is 4.31 Å². The molecule has 4 rings (SSSR count). The lowest BCUT2D eigenvalue weighted by Gasteiger charge is -2.25. The summed E-state index contributed by atoms with van der Waals surface area (Å²) in [4.78, 5) is 0.303. The van der Waals surface area contributed by atoms with Crippen LogP contribution in [0.25, 0.3) is 11.3 Å². The molecule has 1 aliphatic heterocycles. The van der Waals surface area contributed by atoms with Gasteiger partial charge in [-0.3, -0.25) is 4.31 Å². The Morgan fingerprint density at radius 3 is 2.56 bits per heavy atom. The summed E-state index contributed by atoms with van der Waals surface area (Å²) in [6.45, 7) is 7.56. The molecule has 2 aromatic carbocycles. The summed E-state index contributed by atoms with van der Waals surface area (Å²) in [6, 6.07) is 13.0. The summed E-state index contributed by atoms with van der Waals surface area (Å²) < 4.78 is 34.1. The number of sulfonamides is 1. The molecular formula is C21H22N2O3S. The summed E-state index contributed by atoms with van der Waals surface area (Å²) in [6.07, 6.45) is 0.717. The number of hydrogen-bond acceptors (Lipinski definition) is 4. The topological polar surface area (TPSA) is 63.4 Å². The molecule has 0 saturated heterocycles. The van der Waals surface area contributed by atoms with E-state index in [2.05, 4.69) is 5.16 Å². The highest BCUT2D eigenvalue weighted by Gasteiger charge is 2.36. The van der Waals surface area contributed by atoms with E-state index in [4.69, 9.17) is 4.52 Å². The fraction of sp³-hybridized carbons (Fsp3) is 0.286. The molecule has 0 aliphatic carbocycles. The molecule has 3 aromatic rings. The molecule has 2 heterocycles. The molecule has 0 N–H and O–H groups in total. The predicted octanol–water partition coefficient (Wildman–Crippen LogP) is 4.41. The SMILES string of the molecule is Cc1ccc(-c2onc(C)c2C)cc1S(=O)(=O)N1c2ccccc2C[C@@H]1C. The molecule has 0 radical (unpaired) electrons. The van der Waals surface area contributed by atoms with Gasteiger partial charge in [-0.05, 0) is 57.4 Å². The Labute approximate surface area is 159 Å². The number of nitrogens with zero attached hydrogens (tertiary/aromatic N) is 2. The van der Waals surface area contributed by atoms with Crippen LogP contribution in [-0.2, 0) is 16.4 Å². The zero-order chi connectivity index (χ0) is 19.3. The third-order valence-corrected chi connectivity index (χ3v) is 7.36. The maximum atomic E-state index is 13.6. The van der Waals surface area contributed by atoms with Crippen molar-refractivity contribution in [2.45, 2.75) is 45.1 Å². The smallest absolute Gasteiger partial charge is 0.264 e. The number of aryl methyl sites for hydroxylation is 2. The minimum atomic E-state index is -3.70. The molecule has 1 aromatic heterocycles.